The third kappa shape index (κ3) is 1.18. The quantitative estimate of drug-likeness (QED) is 0.265. The van der Waals surface area contributed by atoms with Gasteiger partial charge in [-0.05, 0) is 6.07 Å². The van der Waals surface area contributed by atoms with Gasteiger partial charge in [0.2, 0.25) is 0 Å². The van der Waals surface area contributed by atoms with Gasteiger partial charge in [-0.25, -0.2) is 0 Å². The monoisotopic (exact) mass is 131 g/mol. The molecule has 0 aliphatic rings. The van der Waals surface area contributed by atoms with Crippen LogP contribution in [-0.2, 0) is 0 Å². The maximum atomic E-state index is 5.53. The summed E-state index contributed by atoms with van der Waals surface area (Å²) in [7, 11) is 5.47. The molecule has 0 atom stereocenters. The van der Waals surface area contributed by atoms with E-state index in [9.17, 15) is 0 Å². The lowest BCUT2D eigenvalue weighted by Crippen LogP contribution is -2.30. The van der Waals surface area contributed by atoms with Crippen LogP contribution in [0.4, 0.5) is 5.69 Å². The molecule has 0 aliphatic heterocycles. The Labute approximate surface area is 61.0 Å². The summed E-state index contributed by atoms with van der Waals surface area (Å²) in [6, 6.07) is 5.20. The van der Waals surface area contributed by atoms with Crippen LogP contribution in [0.15, 0.2) is 18.2 Å². The SMILES string of the molecule is [B]c1ccc(N)c(C=[NH2+])c1. The number of hydrogen-bond acceptors (Lipinski definition) is 1. The highest BCUT2D eigenvalue weighted by atomic mass is 14.6. The van der Waals surface area contributed by atoms with E-state index in [1.807, 2.05) is 0 Å². The topological polar surface area (TPSA) is 51.6 Å². The number of anilines is 1. The molecule has 1 aromatic carbocycles. The Hall–Kier alpha value is -1.25. The van der Waals surface area contributed by atoms with E-state index >= 15 is 0 Å². The average molecular weight is 131 g/mol. The van der Waals surface area contributed by atoms with E-state index < -0.39 is 0 Å². The van der Waals surface area contributed by atoms with Crippen molar-refractivity contribution in [3.05, 3.63) is 23.8 Å². The first-order valence-electron chi connectivity index (χ1n) is 2.94. The van der Waals surface area contributed by atoms with Crippen LogP contribution in [0.3, 0.4) is 0 Å². The van der Waals surface area contributed by atoms with Crippen LogP contribution in [0.2, 0.25) is 0 Å². The maximum absolute atomic E-state index is 5.53. The van der Waals surface area contributed by atoms with Crippen LogP contribution < -0.4 is 16.6 Å². The van der Waals surface area contributed by atoms with Gasteiger partial charge < -0.3 is 5.73 Å². The van der Waals surface area contributed by atoms with Crippen LogP contribution in [0.1, 0.15) is 5.56 Å². The third-order valence-electron chi connectivity index (χ3n) is 1.29. The zero-order chi connectivity index (χ0) is 7.56. The van der Waals surface area contributed by atoms with Gasteiger partial charge in [0, 0.05) is 5.69 Å². The molecule has 1 rings (SSSR count). The Bertz CT molecular complexity index is 258. The molecule has 0 amide bonds. The molecule has 0 fully saturated rings. The summed E-state index contributed by atoms with van der Waals surface area (Å²) < 4.78 is 0. The maximum Gasteiger partial charge on any atom is 0.169 e. The van der Waals surface area contributed by atoms with Crippen LogP contribution in [0.25, 0.3) is 0 Å². The highest BCUT2D eigenvalue weighted by molar-refractivity contribution is 6.32. The molecule has 0 aromatic heterocycles. The Balaban J connectivity index is 3.21. The first kappa shape index (κ1) is 6.87. The van der Waals surface area contributed by atoms with Crippen LogP contribution in [0, 0.1) is 0 Å². The lowest BCUT2D eigenvalue weighted by atomic mass is 9.94. The summed E-state index contributed by atoms with van der Waals surface area (Å²) in [6.45, 7) is 0. The number of benzene rings is 1. The minimum atomic E-state index is 0.650. The number of nitrogen functional groups attached to an aromatic ring is 1. The van der Waals surface area contributed by atoms with E-state index in [1.165, 1.54) is 6.21 Å². The van der Waals surface area contributed by atoms with E-state index in [0.29, 0.717) is 11.2 Å². The Morgan fingerprint density at radius 3 is 2.70 bits per heavy atom. The van der Waals surface area contributed by atoms with Crippen molar-refractivity contribution in [2.75, 3.05) is 5.73 Å². The van der Waals surface area contributed by atoms with Gasteiger partial charge in [0.1, 0.15) is 7.85 Å². The second-order valence-electron chi connectivity index (χ2n) is 2.06. The van der Waals surface area contributed by atoms with Crippen molar-refractivity contribution in [2.24, 2.45) is 0 Å². The first-order chi connectivity index (χ1) is 4.74. The summed E-state index contributed by atoms with van der Waals surface area (Å²) in [6.07, 6.45) is 1.44. The fourth-order valence-electron chi connectivity index (χ4n) is 0.738. The number of nitrogens with two attached hydrogens (primary N) is 2. The molecule has 48 valence electrons. The largest absolute Gasteiger partial charge is 0.398 e. The van der Waals surface area contributed by atoms with Gasteiger partial charge in [0.25, 0.3) is 0 Å². The van der Waals surface area contributed by atoms with Gasteiger partial charge in [-0.3, -0.25) is 5.41 Å². The molecule has 10 heavy (non-hydrogen) atoms. The summed E-state index contributed by atoms with van der Waals surface area (Å²) in [5.74, 6) is 0. The second-order valence-corrected chi connectivity index (χ2v) is 2.06. The van der Waals surface area contributed by atoms with Crippen LogP contribution in [0.5, 0.6) is 0 Å². The van der Waals surface area contributed by atoms with Crippen molar-refractivity contribution in [1.82, 2.24) is 0 Å². The van der Waals surface area contributed by atoms with Gasteiger partial charge in [-0.1, -0.05) is 17.6 Å². The molecular formula is C7H8BN2+. The zero-order valence-electron chi connectivity index (χ0n) is 5.54. The van der Waals surface area contributed by atoms with Crippen molar-refractivity contribution in [3.63, 3.8) is 0 Å². The van der Waals surface area contributed by atoms with Crippen molar-refractivity contribution in [3.8, 4) is 0 Å². The van der Waals surface area contributed by atoms with Crippen LogP contribution >= 0.6 is 0 Å². The molecule has 0 saturated carbocycles. The standard InChI is InChI=1S/C7H7BN2/c8-6-1-2-7(10)5(3-6)4-9/h1-4,9H,10H2/p+1. The molecule has 2 radical (unpaired) electrons. The summed E-state index contributed by atoms with van der Waals surface area (Å²) in [4.78, 5) is 0. The van der Waals surface area contributed by atoms with Gasteiger partial charge >= 0.3 is 0 Å². The van der Waals surface area contributed by atoms with Crippen molar-refractivity contribution in [1.29, 1.82) is 0 Å². The van der Waals surface area contributed by atoms with E-state index in [4.69, 9.17) is 19.0 Å². The molecule has 0 bridgehead atoms. The zero-order valence-corrected chi connectivity index (χ0v) is 5.54. The fourth-order valence-corrected chi connectivity index (χ4v) is 0.738. The van der Waals surface area contributed by atoms with Crippen molar-refractivity contribution in [2.45, 2.75) is 0 Å². The van der Waals surface area contributed by atoms with E-state index in [0.717, 1.165) is 5.56 Å². The molecular weight excluding hydrogens is 123 g/mol. The highest BCUT2D eigenvalue weighted by Gasteiger charge is 1.95. The first-order valence-corrected chi connectivity index (χ1v) is 2.94. The van der Waals surface area contributed by atoms with E-state index in [1.54, 1.807) is 18.2 Å². The Morgan fingerprint density at radius 1 is 1.50 bits per heavy atom. The summed E-state index contributed by atoms with van der Waals surface area (Å²) in [5.41, 5.74) is 7.63. The van der Waals surface area contributed by atoms with Gasteiger partial charge in [0.15, 0.2) is 6.21 Å². The Kier molecular flexibility index (Phi) is 1.76. The second kappa shape index (κ2) is 2.56. The molecule has 0 unspecified atom stereocenters. The third-order valence-corrected chi connectivity index (χ3v) is 1.29. The predicted octanol–water partition coefficient (Wildman–Crippen LogP) is -1.76. The van der Waals surface area contributed by atoms with E-state index in [2.05, 4.69) is 0 Å². The summed E-state index contributed by atoms with van der Waals surface area (Å²) >= 11 is 0. The molecule has 2 nitrogen and oxygen atoms in total. The smallest absolute Gasteiger partial charge is 0.169 e. The van der Waals surface area contributed by atoms with Gasteiger partial charge in [-0.15, -0.1) is 0 Å². The predicted molar refractivity (Wildman–Crippen MR) is 43.3 cm³/mol. The lowest BCUT2D eigenvalue weighted by Gasteiger charge is -1.97. The fraction of sp³-hybridized carbons (Fsp3) is 0. The van der Waals surface area contributed by atoms with Crippen molar-refractivity contribution < 1.29 is 5.41 Å². The Morgan fingerprint density at radius 2 is 2.20 bits per heavy atom. The molecule has 1 aromatic rings. The van der Waals surface area contributed by atoms with Gasteiger partial charge in [-0.2, -0.15) is 0 Å². The lowest BCUT2D eigenvalue weighted by molar-refractivity contribution is -0.104. The minimum Gasteiger partial charge on any atom is -0.398 e. The molecule has 3 heteroatoms. The molecule has 0 heterocycles. The van der Waals surface area contributed by atoms with Gasteiger partial charge in [0.05, 0.1) is 5.56 Å². The van der Waals surface area contributed by atoms with Crippen molar-refractivity contribution >= 4 is 25.2 Å². The average Bonchev–Trinajstić information content (AvgIpc) is 1.94. The van der Waals surface area contributed by atoms with E-state index in [-0.39, 0.29) is 0 Å². The molecule has 0 saturated heterocycles. The number of hydrogen-bond donors (Lipinski definition) is 2. The minimum absolute atomic E-state index is 0.650. The highest BCUT2D eigenvalue weighted by Crippen LogP contribution is 2.03. The van der Waals surface area contributed by atoms with Crippen LogP contribution in [-0.4, -0.2) is 14.1 Å². The molecule has 0 aliphatic carbocycles. The molecule has 0 spiro atoms. The number of rotatable bonds is 1. The summed E-state index contributed by atoms with van der Waals surface area (Å²) in [5, 5.41) is 5.26. The normalized spacial score (nSPS) is 9.20. The molecule has 4 N–H and O–H groups in total.